The van der Waals surface area contributed by atoms with Gasteiger partial charge in [0.1, 0.15) is 5.60 Å². The SMILES string of the molecule is CC(C)(C)OC(=O)NCCc1c[nH]c2cc[nH+]cc12. The zero-order chi connectivity index (χ0) is 13.9. The van der Waals surface area contributed by atoms with Crippen LogP contribution in [0, 0.1) is 0 Å². The number of amides is 1. The monoisotopic (exact) mass is 262 g/mol. The Morgan fingerprint density at radius 1 is 1.47 bits per heavy atom. The third-order valence-corrected chi connectivity index (χ3v) is 2.67. The van der Waals surface area contributed by atoms with E-state index in [4.69, 9.17) is 4.74 Å². The van der Waals surface area contributed by atoms with E-state index < -0.39 is 5.60 Å². The van der Waals surface area contributed by atoms with Crippen molar-refractivity contribution in [2.24, 2.45) is 0 Å². The first kappa shape index (κ1) is 13.4. The van der Waals surface area contributed by atoms with Gasteiger partial charge >= 0.3 is 6.09 Å². The Hall–Kier alpha value is -2.04. The van der Waals surface area contributed by atoms with Crippen LogP contribution < -0.4 is 10.3 Å². The normalized spacial score (nSPS) is 11.5. The predicted molar refractivity (Wildman–Crippen MR) is 72.8 cm³/mol. The number of alkyl carbamates (subject to hydrolysis) is 1. The molecular weight excluding hydrogens is 242 g/mol. The quantitative estimate of drug-likeness (QED) is 0.889. The highest BCUT2D eigenvalue weighted by atomic mass is 16.6. The van der Waals surface area contributed by atoms with Gasteiger partial charge in [0.25, 0.3) is 0 Å². The Balaban J connectivity index is 1.88. The molecular formula is C14H20N3O2+. The molecule has 0 aliphatic rings. The summed E-state index contributed by atoms with van der Waals surface area (Å²) in [5.41, 5.74) is 1.80. The zero-order valence-electron chi connectivity index (χ0n) is 11.5. The van der Waals surface area contributed by atoms with Crippen LogP contribution in [0.4, 0.5) is 4.79 Å². The number of hydrogen-bond acceptors (Lipinski definition) is 2. The fourth-order valence-corrected chi connectivity index (χ4v) is 1.88. The first-order valence-electron chi connectivity index (χ1n) is 6.38. The Morgan fingerprint density at radius 2 is 2.26 bits per heavy atom. The molecule has 0 aliphatic heterocycles. The van der Waals surface area contributed by atoms with Crippen molar-refractivity contribution in [2.75, 3.05) is 6.54 Å². The summed E-state index contributed by atoms with van der Waals surface area (Å²) in [7, 11) is 0. The van der Waals surface area contributed by atoms with Crippen LogP contribution in [-0.2, 0) is 11.2 Å². The van der Waals surface area contributed by atoms with Gasteiger partial charge in [-0.1, -0.05) is 0 Å². The van der Waals surface area contributed by atoms with Crippen molar-refractivity contribution in [2.45, 2.75) is 32.8 Å². The van der Waals surface area contributed by atoms with E-state index >= 15 is 0 Å². The Labute approximate surface area is 112 Å². The van der Waals surface area contributed by atoms with E-state index in [9.17, 15) is 4.79 Å². The molecule has 3 N–H and O–H groups in total. The number of carbonyl (C=O) groups excluding carboxylic acids is 1. The van der Waals surface area contributed by atoms with Crippen molar-refractivity contribution in [1.82, 2.24) is 10.3 Å². The second kappa shape index (κ2) is 5.30. The van der Waals surface area contributed by atoms with Gasteiger partial charge in [-0.15, -0.1) is 0 Å². The lowest BCUT2D eigenvalue weighted by Crippen LogP contribution is -2.33. The molecule has 5 heteroatoms. The molecule has 0 bridgehead atoms. The molecule has 0 spiro atoms. The molecule has 1 amide bonds. The fourth-order valence-electron chi connectivity index (χ4n) is 1.88. The molecule has 0 aromatic carbocycles. The summed E-state index contributed by atoms with van der Waals surface area (Å²) in [5.74, 6) is 0. The van der Waals surface area contributed by atoms with E-state index in [0.29, 0.717) is 6.54 Å². The van der Waals surface area contributed by atoms with Gasteiger partial charge in [0.2, 0.25) is 0 Å². The van der Waals surface area contributed by atoms with Crippen LogP contribution in [0.15, 0.2) is 24.7 Å². The summed E-state index contributed by atoms with van der Waals surface area (Å²) >= 11 is 0. The maximum Gasteiger partial charge on any atom is 0.407 e. The van der Waals surface area contributed by atoms with Crippen LogP contribution in [0.2, 0.25) is 0 Å². The van der Waals surface area contributed by atoms with E-state index in [-0.39, 0.29) is 6.09 Å². The van der Waals surface area contributed by atoms with Crippen molar-refractivity contribution >= 4 is 17.0 Å². The fraction of sp³-hybridized carbons (Fsp3) is 0.429. The Kier molecular flexibility index (Phi) is 3.74. The van der Waals surface area contributed by atoms with Crippen molar-refractivity contribution in [3.05, 3.63) is 30.2 Å². The molecule has 2 aromatic heterocycles. The highest BCUT2D eigenvalue weighted by Gasteiger charge is 2.15. The van der Waals surface area contributed by atoms with Crippen LogP contribution in [-0.4, -0.2) is 23.2 Å². The largest absolute Gasteiger partial charge is 0.444 e. The van der Waals surface area contributed by atoms with E-state index in [2.05, 4.69) is 15.3 Å². The van der Waals surface area contributed by atoms with Crippen LogP contribution >= 0.6 is 0 Å². The van der Waals surface area contributed by atoms with Gasteiger partial charge < -0.3 is 15.0 Å². The van der Waals surface area contributed by atoms with Gasteiger partial charge in [0.15, 0.2) is 12.4 Å². The summed E-state index contributed by atoms with van der Waals surface area (Å²) in [5, 5.41) is 3.90. The molecule has 0 aliphatic carbocycles. The molecule has 0 saturated carbocycles. The summed E-state index contributed by atoms with van der Waals surface area (Å²) in [6.45, 7) is 6.10. The first-order valence-corrected chi connectivity index (χ1v) is 6.38. The molecule has 19 heavy (non-hydrogen) atoms. The highest BCUT2D eigenvalue weighted by molar-refractivity contribution is 5.81. The van der Waals surface area contributed by atoms with Gasteiger partial charge in [-0.3, -0.25) is 0 Å². The summed E-state index contributed by atoms with van der Waals surface area (Å²) in [4.78, 5) is 17.8. The summed E-state index contributed by atoms with van der Waals surface area (Å²) in [6, 6.07) is 1.99. The number of nitrogens with one attached hydrogen (secondary N) is 3. The maximum atomic E-state index is 11.5. The number of fused-ring (bicyclic) bond motifs is 1. The smallest absolute Gasteiger partial charge is 0.407 e. The molecule has 0 unspecified atom stereocenters. The minimum Gasteiger partial charge on any atom is -0.444 e. The Morgan fingerprint density at radius 3 is 3.00 bits per heavy atom. The molecule has 0 saturated heterocycles. The average Bonchev–Trinajstić information content (AvgIpc) is 2.70. The van der Waals surface area contributed by atoms with Gasteiger partial charge in [0.05, 0.1) is 10.9 Å². The molecule has 2 aromatic rings. The number of aromatic amines is 2. The van der Waals surface area contributed by atoms with Crippen LogP contribution in [0.25, 0.3) is 10.9 Å². The van der Waals surface area contributed by atoms with Gasteiger partial charge in [-0.25, -0.2) is 9.78 Å². The lowest BCUT2D eigenvalue weighted by molar-refractivity contribution is -0.375. The van der Waals surface area contributed by atoms with Crippen LogP contribution in [0.1, 0.15) is 26.3 Å². The summed E-state index contributed by atoms with van der Waals surface area (Å²) in [6.07, 6.45) is 6.18. The predicted octanol–water partition coefficient (Wildman–Crippen LogP) is 2.05. The van der Waals surface area contributed by atoms with E-state index in [1.165, 1.54) is 5.56 Å². The standard InChI is InChI=1S/C14H19N3O2/c1-14(2,3)19-13(18)16-7-4-10-8-17-12-5-6-15-9-11(10)12/h5-6,8-9,17H,4,7H2,1-3H3,(H,16,18)/p+1. The highest BCUT2D eigenvalue weighted by Crippen LogP contribution is 2.15. The van der Waals surface area contributed by atoms with E-state index in [0.717, 1.165) is 17.3 Å². The molecule has 0 atom stereocenters. The van der Waals surface area contributed by atoms with Crippen molar-refractivity contribution in [3.8, 4) is 0 Å². The number of rotatable bonds is 3. The summed E-state index contributed by atoms with van der Waals surface area (Å²) < 4.78 is 5.18. The van der Waals surface area contributed by atoms with Crippen molar-refractivity contribution < 1.29 is 14.5 Å². The number of carbonyl (C=O) groups is 1. The third kappa shape index (κ3) is 3.71. The lowest BCUT2D eigenvalue weighted by atomic mass is 10.1. The number of ether oxygens (including phenoxy) is 1. The van der Waals surface area contributed by atoms with E-state index in [1.54, 1.807) is 0 Å². The number of aromatic nitrogens is 2. The van der Waals surface area contributed by atoms with Gasteiger partial charge in [0, 0.05) is 18.8 Å². The topological polar surface area (TPSA) is 68.3 Å². The third-order valence-electron chi connectivity index (χ3n) is 2.67. The number of pyridine rings is 1. The number of H-pyrrole nitrogens is 2. The average molecular weight is 262 g/mol. The van der Waals surface area contributed by atoms with Crippen LogP contribution in [0.3, 0.4) is 0 Å². The Bertz CT molecular complexity index is 569. The molecule has 102 valence electrons. The number of hydrogen-bond donors (Lipinski definition) is 2. The molecule has 5 nitrogen and oxygen atoms in total. The first-order chi connectivity index (χ1) is 8.96. The van der Waals surface area contributed by atoms with Gasteiger partial charge in [-0.05, 0) is 32.8 Å². The lowest BCUT2D eigenvalue weighted by Gasteiger charge is -2.19. The van der Waals surface area contributed by atoms with Crippen molar-refractivity contribution in [1.29, 1.82) is 0 Å². The van der Waals surface area contributed by atoms with Crippen LogP contribution in [0.5, 0.6) is 0 Å². The minimum absolute atomic E-state index is 0.376. The molecule has 0 radical (unpaired) electrons. The second-order valence-corrected chi connectivity index (χ2v) is 5.46. The van der Waals surface area contributed by atoms with Crippen molar-refractivity contribution in [3.63, 3.8) is 0 Å². The maximum absolute atomic E-state index is 11.5. The zero-order valence-corrected chi connectivity index (χ0v) is 11.5. The minimum atomic E-state index is -0.459. The van der Waals surface area contributed by atoms with Gasteiger partial charge in [-0.2, -0.15) is 0 Å². The molecule has 2 rings (SSSR count). The molecule has 0 fully saturated rings. The van der Waals surface area contributed by atoms with E-state index in [1.807, 2.05) is 45.4 Å². The molecule has 2 heterocycles. The second-order valence-electron chi connectivity index (χ2n) is 5.46.